The quantitative estimate of drug-likeness (QED) is 0.806. The molecule has 0 radical (unpaired) electrons. The molecule has 0 spiro atoms. The van der Waals surface area contributed by atoms with Crippen molar-refractivity contribution in [2.24, 2.45) is 5.92 Å². The fourth-order valence-corrected chi connectivity index (χ4v) is 2.47. The second kappa shape index (κ2) is 4.21. The van der Waals surface area contributed by atoms with Gasteiger partial charge in [0.15, 0.2) is 0 Å². The van der Waals surface area contributed by atoms with Crippen molar-refractivity contribution in [1.82, 2.24) is 9.55 Å². The minimum atomic E-state index is 0.404. The summed E-state index contributed by atoms with van der Waals surface area (Å²) < 4.78 is 2.24. The lowest BCUT2D eigenvalue weighted by molar-refractivity contribution is 0.277. The molecule has 0 N–H and O–H groups in total. The minimum Gasteiger partial charge on any atom is -0.327 e. The van der Waals surface area contributed by atoms with Crippen molar-refractivity contribution < 1.29 is 0 Å². The second-order valence-corrected chi connectivity index (χ2v) is 4.76. The molecule has 1 aliphatic rings. The van der Waals surface area contributed by atoms with Crippen LogP contribution in [0.1, 0.15) is 25.1 Å². The van der Waals surface area contributed by atoms with Crippen LogP contribution in [0.2, 0.25) is 0 Å². The summed E-state index contributed by atoms with van der Waals surface area (Å²) in [5.41, 5.74) is 2.18. The van der Waals surface area contributed by atoms with Crippen LogP contribution in [-0.2, 0) is 13.0 Å². The Morgan fingerprint density at radius 3 is 2.88 bits per heavy atom. The Kier molecular flexibility index (Phi) is 2.56. The van der Waals surface area contributed by atoms with Crippen molar-refractivity contribution >= 4 is 11.0 Å². The van der Waals surface area contributed by atoms with Crippen LogP contribution in [0, 0.1) is 17.2 Å². The smallest absolute Gasteiger partial charge is 0.124 e. The molecule has 0 unspecified atom stereocenters. The van der Waals surface area contributed by atoms with Crippen LogP contribution in [-0.4, -0.2) is 9.55 Å². The van der Waals surface area contributed by atoms with Gasteiger partial charge in [0.1, 0.15) is 5.82 Å². The van der Waals surface area contributed by atoms with Gasteiger partial charge in [0.25, 0.3) is 0 Å². The van der Waals surface area contributed by atoms with E-state index < -0.39 is 0 Å². The van der Waals surface area contributed by atoms with Crippen LogP contribution >= 0.6 is 0 Å². The molecule has 3 rings (SSSR count). The monoisotopic (exact) mass is 225 g/mol. The van der Waals surface area contributed by atoms with Crippen LogP contribution in [0.15, 0.2) is 24.3 Å². The molecule has 2 aromatic rings. The number of aromatic nitrogens is 2. The highest BCUT2D eigenvalue weighted by Gasteiger charge is 2.20. The summed E-state index contributed by atoms with van der Waals surface area (Å²) in [6.45, 7) is 1.03. The Balaban J connectivity index is 2.04. The normalized spacial score (nSPS) is 15.7. The molecule has 1 aromatic carbocycles. The molecule has 1 aromatic heterocycles. The number of nitriles is 1. The van der Waals surface area contributed by atoms with E-state index in [4.69, 9.17) is 5.26 Å². The Bertz CT molecular complexity index is 573. The van der Waals surface area contributed by atoms with Crippen molar-refractivity contribution in [2.75, 3.05) is 0 Å². The zero-order chi connectivity index (χ0) is 11.7. The Morgan fingerprint density at radius 2 is 2.18 bits per heavy atom. The Hall–Kier alpha value is -1.82. The summed E-state index contributed by atoms with van der Waals surface area (Å²) in [6, 6.07) is 10.4. The van der Waals surface area contributed by atoms with E-state index in [2.05, 4.69) is 21.7 Å². The number of imidazole rings is 1. The number of rotatable bonds is 3. The van der Waals surface area contributed by atoms with Gasteiger partial charge in [-0.25, -0.2) is 4.98 Å². The number of hydrogen-bond donors (Lipinski definition) is 0. The first-order chi connectivity index (χ1) is 8.38. The Labute approximate surface area is 101 Å². The molecule has 0 atom stereocenters. The van der Waals surface area contributed by atoms with Crippen LogP contribution in [0.25, 0.3) is 11.0 Å². The summed E-state index contributed by atoms with van der Waals surface area (Å²) in [7, 11) is 0. The summed E-state index contributed by atoms with van der Waals surface area (Å²) in [6.07, 6.45) is 4.39. The summed E-state index contributed by atoms with van der Waals surface area (Å²) in [5.74, 6) is 1.70. The number of fused-ring (bicyclic) bond motifs is 1. The molecule has 1 heterocycles. The SMILES string of the molecule is N#CCc1nc2ccccc2n1CC1CCC1. The molecule has 17 heavy (non-hydrogen) atoms. The first-order valence-electron chi connectivity index (χ1n) is 6.19. The third kappa shape index (κ3) is 1.80. The second-order valence-electron chi connectivity index (χ2n) is 4.76. The average Bonchev–Trinajstić information content (AvgIpc) is 2.62. The number of para-hydroxylation sites is 2. The van der Waals surface area contributed by atoms with E-state index in [1.807, 2.05) is 18.2 Å². The molecule has 1 saturated carbocycles. The van der Waals surface area contributed by atoms with Gasteiger partial charge in [-0.1, -0.05) is 18.6 Å². The lowest BCUT2D eigenvalue weighted by Crippen LogP contribution is -2.19. The highest BCUT2D eigenvalue weighted by Crippen LogP contribution is 2.29. The zero-order valence-corrected chi connectivity index (χ0v) is 9.76. The maximum atomic E-state index is 8.87. The number of nitrogens with zero attached hydrogens (tertiary/aromatic N) is 3. The van der Waals surface area contributed by atoms with E-state index >= 15 is 0 Å². The third-order valence-electron chi connectivity index (χ3n) is 3.64. The van der Waals surface area contributed by atoms with Crippen LogP contribution in [0.3, 0.4) is 0 Å². The van der Waals surface area contributed by atoms with Gasteiger partial charge in [0, 0.05) is 6.54 Å². The largest absolute Gasteiger partial charge is 0.327 e. The van der Waals surface area contributed by atoms with Crippen molar-refractivity contribution in [3.8, 4) is 6.07 Å². The van der Waals surface area contributed by atoms with E-state index in [0.29, 0.717) is 6.42 Å². The molecule has 0 saturated heterocycles. The predicted molar refractivity (Wildman–Crippen MR) is 66.4 cm³/mol. The van der Waals surface area contributed by atoms with E-state index in [1.165, 1.54) is 24.8 Å². The molecular formula is C14H15N3. The van der Waals surface area contributed by atoms with E-state index in [-0.39, 0.29) is 0 Å². The van der Waals surface area contributed by atoms with Gasteiger partial charge >= 0.3 is 0 Å². The van der Waals surface area contributed by atoms with E-state index in [0.717, 1.165) is 23.8 Å². The lowest BCUT2D eigenvalue weighted by atomic mass is 9.85. The van der Waals surface area contributed by atoms with Gasteiger partial charge in [-0.05, 0) is 30.9 Å². The minimum absolute atomic E-state index is 0.404. The summed E-state index contributed by atoms with van der Waals surface area (Å²) in [4.78, 5) is 4.55. The van der Waals surface area contributed by atoms with Gasteiger partial charge in [-0.15, -0.1) is 0 Å². The molecule has 0 amide bonds. The highest BCUT2D eigenvalue weighted by atomic mass is 15.1. The van der Waals surface area contributed by atoms with Crippen molar-refractivity contribution in [2.45, 2.75) is 32.2 Å². The molecular weight excluding hydrogens is 210 g/mol. The molecule has 3 heteroatoms. The molecule has 86 valence electrons. The summed E-state index contributed by atoms with van der Waals surface area (Å²) >= 11 is 0. The third-order valence-corrected chi connectivity index (χ3v) is 3.64. The topological polar surface area (TPSA) is 41.6 Å². The van der Waals surface area contributed by atoms with E-state index in [9.17, 15) is 0 Å². The predicted octanol–water partition coefficient (Wildman–Crippen LogP) is 2.90. The van der Waals surface area contributed by atoms with Crippen molar-refractivity contribution in [3.05, 3.63) is 30.1 Å². The molecule has 1 aliphatic carbocycles. The first-order valence-corrected chi connectivity index (χ1v) is 6.19. The standard InChI is InChI=1S/C14H15N3/c15-9-8-14-16-12-6-1-2-7-13(12)17(14)10-11-4-3-5-11/h1-2,6-7,11H,3-5,8,10H2. The fourth-order valence-electron chi connectivity index (χ4n) is 2.47. The molecule has 1 fully saturated rings. The van der Waals surface area contributed by atoms with Gasteiger partial charge in [-0.2, -0.15) is 5.26 Å². The van der Waals surface area contributed by atoms with Gasteiger partial charge in [-0.3, -0.25) is 0 Å². The Morgan fingerprint density at radius 1 is 1.35 bits per heavy atom. The average molecular weight is 225 g/mol. The van der Waals surface area contributed by atoms with Crippen molar-refractivity contribution in [1.29, 1.82) is 5.26 Å². The van der Waals surface area contributed by atoms with Crippen LogP contribution in [0.4, 0.5) is 0 Å². The maximum Gasteiger partial charge on any atom is 0.124 e. The maximum absolute atomic E-state index is 8.87. The van der Waals surface area contributed by atoms with Crippen molar-refractivity contribution in [3.63, 3.8) is 0 Å². The van der Waals surface area contributed by atoms with E-state index in [1.54, 1.807) is 0 Å². The molecule has 0 aliphatic heterocycles. The fraction of sp³-hybridized carbons (Fsp3) is 0.429. The van der Waals surface area contributed by atoms with Gasteiger partial charge < -0.3 is 4.57 Å². The van der Waals surface area contributed by atoms with Gasteiger partial charge in [0.2, 0.25) is 0 Å². The number of benzene rings is 1. The van der Waals surface area contributed by atoms with Gasteiger partial charge in [0.05, 0.1) is 23.5 Å². The summed E-state index contributed by atoms with van der Waals surface area (Å²) in [5, 5.41) is 8.87. The molecule has 3 nitrogen and oxygen atoms in total. The van der Waals surface area contributed by atoms with Crippen LogP contribution < -0.4 is 0 Å². The molecule has 0 bridgehead atoms. The van der Waals surface area contributed by atoms with Crippen LogP contribution in [0.5, 0.6) is 0 Å². The zero-order valence-electron chi connectivity index (χ0n) is 9.76. The first kappa shape index (κ1) is 10.3. The lowest BCUT2D eigenvalue weighted by Gasteiger charge is -2.26. The highest BCUT2D eigenvalue weighted by molar-refractivity contribution is 5.75. The number of hydrogen-bond acceptors (Lipinski definition) is 2.